The monoisotopic (exact) mass is 216 g/mol. The van der Waals surface area contributed by atoms with Gasteiger partial charge in [0.05, 0.1) is 0 Å². The van der Waals surface area contributed by atoms with Crippen LogP contribution in [0.5, 0.6) is 0 Å². The largest absolute Gasteiger partial charge is 0.359 e. The summed E-state index contributed by atoms with van der Waals surface area (Å²) in [6.07, 6.45) is 6.44. The van der Waals surface area contributed by atoms with Gasteiger partial charge in [-0.1, -0.05) is 0 Å². The van der Waals surface area contributed by atoms with Gasteiger partial charge >= 0.3 is 0 Å². The predicted molar refractivity (Wildman–Crippen MR) is 61.7 cm³/mol. The van der Waals surface area contributed by atoms with Gasteiger partial charge in [-0.15, -0.1) is 0 Å². The Morgan fingerprint density at radius 3 is 2.71 bits per heavy atom. The molecule has 0 spiro atoms. The molecule has 1 aliphatic rings. The van der Waals surface area contributed by atoms with Crippen LogP contribution in [-0.2, 0) is 4.79 Å². The Morgan fingerprint density at radius 1 is 1.50 bits per heavy atom. The van der Waals surface area contributed by atoms with Crippen molar-refractivity contribution in [3.8, 4) is 0 Å². The molecule has 1 rings (SSSR count). The van der Waals surface area contributed by atoms with Crippen molar-refractivity contribution in [2.45, 2.75) is 30.4 Å². The van der Waals surface area contributed by atoms with E-state index in [1.165, 1.54) is 12.8 Å². The lowest BCUT2D eigenvalue weighted by molar-refractivity contribution is -0.120. The Balaban J connectivity index is 1.92. The van der Waals surface area contributed by atoms with Gasteiger partial charge in [-0.3, -0.25) is 4.79 Å². The van der Waals surface area contributed by atoms with Crippen LogP contribution in [0.15, 0.2) is 0 Å². The van der Waals surface area contributed by atoms with Crippen molar-refractivity contribution in [2.24, 2.45) is 0 Å². The molecule has 0 aliphatic heterocycles. The molecule has 0 saturated heterocycles. The summed E-state index contributed by atoms with van der Waals surface area (Å²) in [5, 5.41) is 6.04. The second-order valence-corrected chi connectivity index (χ2v) is 5.11. The number of rotatable bonds is 7. The maximum absolute atomic E-state index is 10.9. The van der Waals surface area contributed by atoms with Crippen LogP contribution in [0.25, 0.3) is 0 Å². The molecule has 0 heterocycles. The quantitative estimate of drug-likeness (QED) is 0.624. The maximum atomic E-state index is 10.9. The van der Waals surface area contributed by atoms with Crippen LogP contribution in [0.4, 0.5) is 0 Å². The first-order valence-corrected chi connectivity index (χ1v) is 6.41. The second kappa shape index (κ2) is 5.61. The lowest BCUT2D eigenvalue weighted by Crippen LogP contribution is -2.27. The number of hydrogen-bond acceptors (Lipinski definition) is 3. The summed E-state index contributed by atoms with van der Waals surface area (Å²) in [4.78, 5) is 10.9. The Labute approximate surface area is 90.4 Å². The fraction of sp³-hybridized carbons (Fsp3) is 0.900. The number of thioether (sulfide) groups is 1. The first-order valence-electron chi connectivity index (χ1n) is 5.19. The summed E-state index contributed by atoms with van der Waals surface area (Å²) in [6.45, 7) is 2.05. The Hall–Kier alpha value is -0.220. The van der Waals surface area contributed by atoms with Crippen molar-refractivity contribution in [1.29, 1.82) is 0 Å². The van der Waals surface area contributed by atoms with Gasteiger partial charge in [0, 0.05) is 24.8 Å². The van der Waals surface area contributed by atoms with Crippen LogP contribution >= 0.6 is 11.8 Å². The third-order valence-corrected chi connectivity index (χ3v) is 4.14. The highest BCUT2D eigenvalue weighted by Crippen LogP contribution is 2.46. The van der Waals surface area contributed by atoms with Crippen LogP contribution in [0.2, 0.25) is 0 Å². The standard InChI is InChI=1S/C10H20N2OS/c1-11-9(13)4-3-7-12-8-10(14-2)5-6-10/h12H,3-8H2,1-2H3,(H,11,13). The highest BCUT2D eigenvalue weighted by Gasteiger charge is 2.41. The van der Waals surface area contributed by atoms with E-state index in [2.05, 4.69) is 16.9 Å². The van der Waals surface area contributed by atoms with E-state index >= 15 is 0 Å². The molecule has 0 bridgehead atoms. The Kier molecular flexibility index (Phi) is 4.75. The zero-order valence-electron chi connectivity index (χ0n) is 9.06. The van der Waals surface area contributed by atoms with Crippen LogP contribution in [-0.4, -0.2) is 37.0 Å². The minimum Gasteiger partial charge on any atom is -0.359 e. The summed E-state index contributed by atoms with van der Waals surface area (Å²) >= 11 is 1.97. The second-order valence-electron chi connectivity index (χ2n) is 3.84. The minimum absolute atomic E-state index is 0.137. The van der Waals surface area contributed by atoms with Crippen molar-refractivity contribution in [3.63, 3.8) is 0 Å². The summed E-state index contributed by atoms with van der Waals surface area (Å²) < 4.78 is 0.535. The van der Waals surface area contributed by atoms with Crippen molar-refractivity contribution in [1.82, 2.24) is 10.6 Å². The molecule has 0 aromatic rings. The Bertz CT molecular complexity index is 193. The predicted octanol–water partition coefficient (Wildman–Crippen LogP) is 0.998. The van der Waals surface area contributed by atoms with Crippen molar-refractivity contribution in [3.05, 3.63) is 0 Å². The molecule has 1 saturated carbocycles. The van der Waals surface area contributed by atoms with E-state index < -0.39 is 0 Å². The molecule has 0 atom stereocenters. The highest BCUT2D eigenvalue weighted by atomic mass is 32.2. The molecule has 1 fully saturated rings. The number of carbonyl (C=O) groups excluding carboxylic acids is 1. The van der Waals surface area contributed by atoms with Crippen molar-refractivity contribution >= 4 is 17.7 Å². The molecule has 0 aromatic carbocycles. The fourth-order valence-electron chi connectivity index (χ4n) is 1.41. The molecular formula is C10H20N2OS. The molecule has 4 heteroatoms. The molecule has 2 N–H and O–H groups in total. The first kappa shape index (κ1) is 11.9. The number of carbonyl (C=O) groups is 1. The summed E-state index contributed by atoms with van der Waals surface area (Å²) in [5.41, 5.74) is 0. The molecule has 1 amide bonds. The molecule has 0 aromatic heterocycles. The van der Waals surface area contributed by atoms with Gasteiger partial charge in [-0.05, 0) is 32.1 Å². The molecule has 0 radical (unpaired) electrons. The van der Waals surface area contributed by atoms with Crippen LogP contribution < -0.4 is 10.6 Å². The van der Waals surface area contributed by atoms with E-state index in [0.29, 0.717) is 11.2 Å². The Morgan fingerprint density at radius 2 is 2.21 bits per heavy atom. The molecular weight excluding hydrogens is 196 g/mol. The average Bonchev–Trinajstić information content (AvgIpc) is 2.98. The smallest absolute Gasteiger partial charge is 0.219 e. The lowest BCUT2D eigenvalue weighted by Gasteiger charge is -2.12. The van der Waals surface area contributed by atoms with E-state index in [9.17, 15) is 4.79 Å². The third kappa shape index (κ3) is 3.88. The minimum atomic E-state index is 0.137. The first-order chi connectivity index (χ1) is 6.72. The topological polar surface area (TPSA) is 41.1 Å². The van der Waals surface area contributed by atoms with Gasteiger partial charge in [0.2, 0.25) is 5.91 Å². The van der Waals surface area contributed by atoms with E-state index in [1.807, 2.05) is 11.8 Å². The van der Waals surface area contributed by atoms with Gasteiger partial charge < -0.3 is 10.6 Å². The van der Waals surface area contributed by atoms with E-state index in [1.54, 1.807) is 7.05 Å². The van der Waals surface area contributed by atoms with Crippen molar-refractivity contribution in [2.75, 3.05) is 26.4 Å². The average molecular weight is 216 g/mol. The van der Waals surface area contributed by atoms with Gasteiger partial charge in [0.25, 0.3) is 0 Å². The van der Waals surface area contributed by atoms with Crippen LogP contribution in [0.1, 0.15) is 25.7 Å². The maximum Gasteiger partial charge on any atom is 0.219 e. The molecule has 14 heavy (non-hydrogen) atoms. The summed E-state index contributed by atoms with van der Waals surface area (Å²) in [6, 6.07) is 0. The molecule has 3 nitrogen and oxygen atoms in total. The number of nitrogens with one attached hydrogen (secondary N) is 2. The van der Waals surface area contributed by atoms with Crippen LogP contribution in [0, 0.1) is 0 Å². The zero-order chi connectivity index (χ0) is 10.4. The number of hydrogen-bond donors (Lipinski definition) is 2. The normalized spacial score (nSPS) is 17.9. The van der Waals surface area contributed by atoms with Gasteiger partial charge in [0.1, 0.15) is 0 Å². The van der Waals surface area contributed by atoms with Crippen molar-refractivity contribution < 1.29 is 4.79 Å². The molecule has 0 unspecified atom stereocenters. The van der Waals surface area contributed by atoms with E-state index in [-0.39, 0.29) is 5.91 Å². The molecule has 1 aliphatic carbocycles. The van der Waals surface area contributed by atoms with Crippen LogP contribution in [0.3, 0.4) is 0 Å². The fourth-order valence-corrected chi connectivity index (χ4v) is 2.16. The highest BCUT2D eigenvalue weighted by molar-refractivity contribution is 8.00. The number of amides is 1. The van der Waals surface area contributed by atoms with E-state index in [4.69, 9.17) is 0 Å². The van der Waals surface area contributed by atoms with E-state index in [0.717, 1.165) is 19.5 Å². The molecule has 82 valence electrons. The summed E-state index contributed by atoms with van der Waals surface area (Å²) in [5.74, 6) is 0.137. The third-order valence-electron chi connectivity index (χ3n) is 2.72. The zero-order valence-corrected chi connectivity index (χ0v) is 9.88. The lowest BCUT2D eigenvalue weighted by atomic mass is 10.3. The van der Waals surface area contributed by atoms with Gasteiger partial charge in [0.15, 0.2) is 0 Å². The van der Waals surface area contributed by atoms with Gasteiger partial charge in [-0.25, -0.2) is 0 Å². The SMILES string of the molecule is CNC(=O)CCCNCC1(SC)CC1. The van der Waals surface area contributed by atoms with Gasteiger partial charge in [-0.2, -0.15) is 11.8 Å². The summed E-state index contributed by atoms with van der Waals surface area (Å²) in [7, 11) is 1.68.